The van der Waals surface area contributed by atoms with Gasteiger partial charge in [0.05, 0.1) is 17.5 Å². The van der Waals surface area contributed by atoms with Crippen molar-refractivity contribution in [3.05, 3.63) is 47.0 Å². The van der Waals surface area contributed by atoms with Gasteiger partial charge in [0.2, 0.25) is 0 Å². The molecule has 0 saturated heterocycles. The monoisotopic (exact) mass is 300 g/mol. The minimum absolute atomic E-state index is 0.496. The molecular weight excluding hydrogens is 276 g/mol. The maximum absolute atomic E-state index is 9.69. The predicted octanol–water partition coefficient (Wildman–Crippen LogP) is 2.09. The maximum Gasteiger partial charge on any atom is 0.0950 e. The van der Waals surface area contributed by atoms with Gasteiger partial charge < -0.3 is 5.11 Å². The molecule has 22 heavy (non-hydrogen) atoms. The number of fused-ring (bicyclic) bond motifs is 1. The fourth-order valence-corrected chi connectivity index (χ4v) is 2.96. The average molecular weight is 300 g/mol. The number of nitrogens with zero attached hydrogens (tertiary/aromatic N) is 4. The van der Waals surface area contributed by atoms with Gasteiger partial charge in [0.25, 0.3) is 0 Å². The lowest BCUT2D eigenvalue weighted by Crippen LogP contribution is -2.26. The highest BCUT2D eigenvalue weighted by Crippen LogP contribution is 2.18. The van der Waals surface area contributed by atoms with Gasteiger partial charge in [-0.3, -0.25) is 14.6 Å². The van der Waals surface area contributed by atoms with Crippen LogP contribution < -0.4 is 0 Å². The molecule has 0 spiro atoms. The Labute approximate surface area is 131 Å². The molecule has 0 saturated carbocycles. The second-order valence-corrected chi connectivity index (χ2v) is 6.11. The molecule has 2 aromatic heterocycles. The number of aryl methyl sites for hydroxylation is 2. The van der Waals surface area contributed by atoms with Crippen molar-refractivity contribution in [3.63, 3.8) is 0 Å². The van der Waals surface area contributed by atoms with Crippen molar-refractivity contribution in [2.24, 2.45) is 0 Å². The molecular formula is C17H24N4O. The van der Waals surface area contributed by atoms with Crippen LogP contribution in [0.4, 0.5) is 0 Å². The van der Waals surface area contributed by atoms with Gasteiger partial charge in [0, 0.05) is 44.0 Å². The summed E-state index contributed by atoms with van der Waals surface area (Å²) in [5, 5.41) is 14.2. The van der Waals surface area contributed by atoms with Crippen molar-refractivity contribution in [1.29, 1.82) is 0 Å². The van der Waals surface area contributed by atoms with Crippen LogP contribution in [0.15, 0.2) is 24.3 Å². The van der Waals surface area contributed by atoms with Crippen molar-refractivity contribution in [2.75, 3.05) is 13.1 Å². The molecule has 0 aliphatic carbocycles. The average Bonchev–Trinajstić information content (AvgIpc) is 2.79. The lowest BCUT2D eigenvalue weighted by atomic mass is 10.2. The minimum Gasteiger partial charge on any atom is -0.387 e. The zero-order chi connectivity index (χ0) is 15.5. The Hall–Kier alpha value is -1.72. The van der Waals surface area contributed by atoms with Crippen LogP contribution in [0.1, 0.15) is 42.2 Å². The number of aromatic nitrogens is 3. The molecule has 0 fully saturated rings. The SMILES string of the molecule is Cc1cccc(CCN2CCCn3nc([C@H](C)O)cc3C2)n1. The van der Waals surface area contributed by atoms with E-state index in [2.05, 4.69) is 27.1 Å². The van der Waals surface area contributed by atoms with Crippen molar-refractivity contribution >= 4 is 0 Å². The van der Waals surface area contributed by atoms with Gasteiger partial charge in [-0.25, -0.2) is 0 Å². The summed E-state index contributed by atoms with van der Waals surface area (Å²) in [6, 6.07) is 8.24. The summed E-state index contributed by atoms with van der Waals surface area (Å²) in [7, 11) is 0. The van der Waals surface area contributed by atoms with E-state index in [1.54, 1.807) is 6.92 Å². The molecule has 1 aliphatic heterocycles. The largest absolute Gasteiger partial charge is 0.387 e. The van der Waals surface area contributed by atoms with Crippen LogP contribution in [0.2, 0.25) is 0 Å². The first kappa shape index (κ1) is 15.2. The zero-order valence-corrected chi connectivity index (χ0v) is 13.4. The molecule has 5 nitrogen and oxygen atoms in total. The third kappa shape index (κ3) is 3.54. The summed E-state index contributed by atoms with van der Waals surface area (Å²) in [6.07, 6.45) is 1.57. The van der Waals surface area contributed by atoms with Crippen LogP contribution in [0.3, 0.4) is 0 Å². The van der Waals surface area contributed by atoms with E-state index in [-0.39, 0.29) is 0 Å². The van der Waals surface area contributed by atoms with E-state index in [0.29, 0.717) is 0 Å². The van der Waals surface area contributed by atoms with Crippen LogP contribution in [0, 0.1) is 6.92 Å². The molecule has 1 atom stereocenters. The quantitative estimate of drug-likeness (QED) is 0.939. The van der Waals surface area contributed by atoms with Gasteiger partial charge >= 0.3 is 0 Å². The van der Waals surface area contributed by atoms with E-state index in [4.69, 9.17) is 0 Å². The Kier molecular flexibility index (Phi) is 4.55. The van der Waals surface area contributed by atoms with Gasteiger partial charge in [0.1, 0.15) is 0 Å². The van der Waals surface area contributed by atoms with Gasteiger partial charge in [-0.2, -0.15) is 5.10 Å². The van der Waals surface area contributed by atoms with Crippen LogP contribution >= 0.6 is 0 Å². The van der Waals surface area contributed by atoms with E-state index < -0.39 is 6.10 Å². The minimum atomic E-state index is -0.496. The summed E-state index contributed by atoms with van der Waals surface area (Å²) in [5.41, 5.74) is 4.21. The number of hydrogen-bond donors (Lipinski definition) is 1. The van der Waals surface area contributed by atoms with Crippen molar-refractivity contribution < 1.29 is 5.11 Å². The number of rotatable bonds is 4. The first-order valence-electron chi connectivity index (χ1n) is 8.01. The van der Waals surface area contributed by atoms with Crippen molar-refractivity contribution in [3.8, 4) is 0 Å². The Morgan fingerprint density at radius 3 is 2.95 bits per heavy atom. The molecule has 5 heteroatoms. The third-order valence-corrected chi connectivity index (χ3v) is 4.17. The molecule has 1 aliphatic rings. The van der Waals surface area contributed by atoms with E-state index in [1.807, 2.05) is 23.7 Å². The number of pyridine rings is 1. The fraction of sp³-hybridized carbons (Fsp3) is 0.529. The molecule has 118 valence electrons. The molecule has 0 bridgehead atoms. The van der Waals surface area contributed by atoms with Gasteiger partial charge in [0.15, 0.2) is 0 Å². The molecule has 0 unspecified atom stereocenters. The standard InChI is InChI=1S/C17H24N4O/c1-13-5-3-6-15(18-13)7-10-20-8-4-9-21-16(12-20)11-17(19-21)14(2)22/h3,5-6,11,14,22H,4,7-10,12H2,1-2H3/t14-/m0/s1. The van der Waals surface area contributed by atoms with Crippen LogP contribution in [0.5, 0.6) is 0 Å². The van der Waals surface area contributed by atoms with Gasteiger partial charge in [-0.15, -0.1) is 0 Å². The summed E-state index contributed by atoms with van der Waals surface area (Å²) >= 11 is 0. The topological polar surface area (TPSA) is 54.2 Å². The first-order chi connectivity index (χ1) is 10.6. The van der Waals surface area contributed by atoms with Crippen molar-refractivity contribution in [2.45, 2.75) is 45.9 Å². The smallest absolute Gasteiger partial charge is 0.0950 e. The number of hydrogen-bond acceptors (Lipinski definition) is 4. The highest BCUT2D eigenvalue weighted by molar-refractivity contribution is 5.13. The summed E-state index contributed by atoms with van der Waals surface area (Å²) in [5.74, 6) is 0. The normalized spacial score (nSPS) is 17.0. The van der Waals surface area contributed by atoms with Crippen LogP contribution in [-0.4, -0.2) is 37.9 Å². The Morgan fingerprint density at radius 1 is 1.32 bits per heavy atom. The maximum atomic E-state index is 9.69. The Balaban J connectivity index is 1.65. The van der Waals surface area contributed by atoms with Gasteiger partial charge in [-0.1, -0.05) is 6.07 Å². The molecule has 0 radical (unpaired) electrons. The molecule has 0 aromatic carbocycles. The van der Waals surface area contributed by atoms with E-state index in [1.165, 1.54) is 5.69 Å². The lowest BCUT2D eigenvalue weighted by Gasteiger charge is -2.19. The second-order valence-electron chi connectivity index (χ2n) is 6.11. The Bertz CT molecular complexity index is 635. The van der Waals surface area contributed by atoms with Gasteiger partial charge in [-0.05, 0) is 38.5 Å². The zero-order valence-electron chi connectivity index (χ0n) is 13.4. The lowest BCUT2D eigenvalue weighted by molar-refractivity contribution is 0.193. The highest BCUT2D eigenvalue weighted by atomic mass is 16.3. The van der Waals surface area contributed by atoms with Crippen molar-refractivity contribution in [1.82, 2.24) is 19.7 Å². The fourth-order valence-electron chi connectivity index (χ4n) is 2.96. The molecule has 2 aromatic rings. The summed E-state index contributed by atoms with van der Waals surface area (Å²) < 4.78 is 2.05. The van der Waals surface area contributed by atoms with E-state index in [0.717, 1.165) is 56.1 Å². The predicted molar refractivity (Wildman–Crippen MR) is 85.4 cm³/mol. The molecule has 0 amide bonds. The summed E-state index contributed by atoms with van der Waals surface area (Å²) in [6.45, 7) is 7.71. The molecule has 3 rings (SSSR count). The second kappa shape index (κ2) is 6.58. The Morgan fingerprint density at radius 2 is 2.18 bits per heavy atom. The molecule has 1 N–H and O–H groups in total. The number of aliphatic hydroxyl groups is 1. The van der Waals surface area contributed by atoms with Crippen LogP contribution in [-0.2, 0) is 19.5 Å². The van der Waals surface area contributed by atoms with E-state index in [9.17, 15) is 5.11 Å². The summed E-state index contributed by atoms with van der Waals surface area (Å²) in [4.78, 5) is 7.03. The highest BCUT2D eigenvalue weighted by Gasteiger charge is 2.18. The molecule has 3 heterocycles. The van der Waals surface area contributed by atoms with E-state index >= 15 is 0 Å². The first-order valence-corrected chi connectivity index (χ1v) is 8.01. The van der Waals surface area contributed by atoms with Crippen LogP contribution in [0.25, 0.3) is 0 Å². The number of aliphatic hydroxyl groups excluding tert-OH is 1. The third-order valence-electron chi connectivity index (χ3n) is 4.17.